The lowest BCUT2D eigenvalue weighted by Gasteiger charge is -2.21. The Hall–Kier alpha value is -1.37. The summed E-state index contributed by atoms with van der Waals surface area (Å²) in [5.74, 6) is -0.764. The molecule has 0 amide bonds. The Kier molecular flexibility index (Phi) is 5.33. The molecule has 0 saturated carbocycles. The van der Waals surface area contributed by atoms with Gasteiger partial charge in [0.1, 0.15) is 5.82 Å². The highest BCUT2D eigenvalue weighted by atomic mass is 35.5. The highest BCUT2D eigenvalue weighted by Crippen LogP contribution is 2.18. The van der Waals surface area contributed by atoms with Crippen molar-refractivity contribution in [3.8, 4) is 0 Å². The summed E-state index contributed by atoms with van der Waals surface area (Å²) in [6.45, 7) is 0.477. The number of rotatable bonds is 6. The van der Waals surface area contributed by atoms with Gasteiger partial charge in [-0.05, 0) is 12.1 Å². The van der Waals surface area contributed by atoms with E-state index in [4.69, 9.17) is 21.4 Å². The van der Waals surface area contributed by atoms with Crippen molar-refractivity contribution < 1.29 is 19.7 Å². The molecular weight excluding hydrogens is 260 g/mol. The standard InChI is InChI=1S/C11H15ClN2O4/c1-14(5-7(15)6-18-2)9-4-3-8(12)10(13-9)11(16)17/h3-4,7,15H,5-6H2,1-2H3,(H,16,17). The van der Waals surface area contributed by atoms with E-state index >= 15 is 0 Å². The van der Waals surface area contributed by atoms with Crippen molar-refractivity contribution in [2.75, 3.05) is 32.2 Å². The number of carboxylic acid groups (broad SMARTS) is 1. The molecule has 0 spiro atoms. The van der Waals surface area contributed by atoms with Crippen LogP contribution in [0.5, 0.6) is 0 Å². The third-order valence-corrected chi connectivity index (χ3v) is 2.57. The van der Waals surface area contributed by atoms with E-state index < -0.39 is 12.1 Å². The van der Waals surface area contributed by atoms with E-state index in [0.29, 0.717) is 5.82 Å². The topological polar surface area (TPSA) is 82.9 Å². The molecule has 1 heterocycles. The van der Waals surface area contributed by atoms with Gasteiger partial charge in [0.25, 0.3) is 0 Å². The summed E-state index contributed by atoms with van der Waals surface area (Å²) < 4.78 is 4.81. The van der Waals surface area contributed by atoms with Gasteiger partial charge in [0.15, 0.2) is 5.69 Å². The molecule has 0 aliphatic heterocycles. The molecule has 1 rings (SSSR count). The Balaban J connectivity index is 2.83. The fourth-order valence-corrected chi connectivity index (χ4v) is 1.64. The minimum Gasteiger partial charge on any atom is -0.476 e. The van der Waals surface area contributed by atoms with Gasteiger partial charge in [-0.25, -0.2) is 9.78 Å². The van der Waals surface area contributed by atoms with Gasteiger partial charge in [0.05, 0.1) is 17.7 Å². The van der Waals surface area contributed by atoms with Crippen LogP contribution in [0.1, 0.15) is 10.5 Å². The number of halogens is 1. The zero-order valence-electron chi connectivity index (χ0n) is 10.1. The van der Waals surface area contributed by atoms with Crippen LogP contribution >= 0.6 is 11.6 Å². The lowest BCUT2D eigenvalue weighted by molar-refractivity contribution is 0.0689. The van der Waals surface area contributed by atoms with E-state index in [1.165, 1.54) is 13.2 Å². The van der Waals surface area contributed by atoms with Gasteiger partial charge < -0.3 is 19.8 Å². The lowest BCUT2D eigenvalue weighted by atomic mass is 10.3. The number of aromatic nitrogens is 1. The van der Waals surface area contributed by atoms with Crippen molar-refractivity contribution in [1.82, 2.24) is 4.98 Å². The summed E-state index contributed by atoms with van der Waals surface area (Å²) in [6, 6.07) is 3.06. The first-order valence-electron chi connectivity index (χ1n) is 5.23. The van der Waals surface area contributed by atoms with Gasteiger partial charge in [0, 0.05) is 20.7 Å². The molecule has 2 N–H and O–H groups in total. The summed E-state index contributed by atoms with van der Waals surface area (Å²) in [5, 5.41) is 18.6. The van der Waals surface area contributed by atoms with Gasteiger partial charge in [-0.15, -0.1) is 0 Å². The number of pyridine rings is 1. The van der Waals surface area contributed by atoms with Crippen LogP contribution in [0.4, 0.5) is 5.82 Å². The van der Waals surface area contributed by atoms with Gasteiger partial charge in [-0.2, -0.15) is 0 Å². The predicted octanol–water partition coefficient (Wildman–Crippen LogP) is 0.877. The molecular formula is C11H15ClN2O4. The molecule has 6 nitrogen and oxygen atoms in total. The molecule has 7 heteroatoms. The van der Waals surface area contributed by atoms with Crippen LogP contribution in [0.25, 0.3) is 0 Å². The van der Waals surface area contributed by atoms with Gasteiger partial charge in [-0.1, -0.05) is 11.6 Å². The van der Waals surface area contributed by atoms with E-state index in [-0.39, 0.29) is 23.9 Å². The normalized spacial score (nSPS) is 12.2. The van der Waals surface area contributed by atoms with Crippen LogP contribution in [0.3, 0.4) is 0 Å². The van der Waals surface area contributed by atoms with E-state index in [1.807, 2.05) is 0 Å². The maximum absolute atomic E-state index is 10.9. The summed E-state index contributed by atoms with van der Waals surface area (Å²) in [4.78, 5) is 16.4. The molecule has 1 aromatic heterocycles. The van der Waals surface area contributed by atoms with E-state index in [9.17, 15) is 9.90 Å². The van der Waals surface area contributed by atoms with E-state index in [0.717, 1.165) is 0 Å². The largest absolute Gasteiger partial charge is 0.476 e. The highest BCUT2D eigenvalue weighted by molar-refractivity contribution is 6.33. The first kappa shape index (κ1) is 14.7. The number of aliphatic hydroxyl groups excluding tert-OH is 1. The Morgan fingerprint density at radius 3 is 2.83 bits per heavy atom. The van der Waals surface area contributed by atoms with Crippen molar-refractivity contribution in [1.29, 1.82) is 0 Å². The molecule has 0 aliphatic carbocycles. The van der Waals surface area contributed by atoms with Gasteiger partial charge in [-0.3, -0.25) is 0 Å². The van der Waals surface area contributed by atoms with Crippen molar-refractivity contribution in [3.63, 3.8) is 0 Å². The number of ether oxygens (including phenoxy) is 1. The fraction of sp³-hybridized carbons (Fsp3) is 0.455. The number of aliphatic hydroxyl groups is 1. The second-order valence-electron chi connectivity index (χ2n) is 3.79. The summed E-state index contributed by atoms with van der Waals surface area (Å²) in [5.41, 5.74) is -0.206. The third kappa shape index (κ3) is 3.83. The van der Waals surface area contributed by atoms with Crippen molar-refractivity contribution >= 4 is 23.4 Å². The number of carbonyl (C=O) groups is 1. The Morgan fingerprint density at radius 1 is 1.61 bits per heavy atom. The maximum atomic E-state index is 10.9. The van der Waals surface area contributed by atoms with Crippen molar-refractivity contribution in [2.24, 2.45) is 0 Å². The van der Waals surface area contributed by atoms with Crippen LogP contribution in [0.15, 0.2) is 12.1 Å². The van der Waals surface area contributed by atoms with E-state index in [1.54, 1.807) is 18.0 Å². The number of likely N-dealkylation sites (N-methyl/N-ethyl adjacent to an activating group) is 1. The second-order valence-corrected chi connectivity index (χ2v) is 4.20. The molecule has 1 unspecified atom stereocenters. The minimum absolute atomic E-state index is 0.0806. The van der Waals surface area contributed by atoms with Crippen molar-refractivity contribution in [2.45, 2.75) is 6.10 Å². The second kappa shape index (κ2) is 6.53. The zero-order chi connectivity index (χ0) is 13.7. The molecule has 0 fully saturated rings. The molecule has 0 bridgehead atoms. The summed E-state index contributed by atoms with van der Waals surface area (Å²) in [7, 11) is 3.19. The summed E-state index contributed by atoms with van der Waals surface area (Å²) >= 11 is 5.72. The van der Waals surface area contributed by atoms with Crippen LogP contribution < -0.4 is 4.90 Å². The number of aromatic carboxylic acids is 1. The van der Waals surface area contributed by atoms with Crippen molar-refractivity contribution in [3.05, 3.63) is 22.8 Å². The minimum atomic E-state index is -1.19. The monoisotopic (exact) mass is 274 g/mol. The van der Waals surface area contributed by atoms with Crippen LogP contribution in [-0.2, 0) is 4.74 Å². The number of methoxy groups -OCH3 is 1. The molecule has 100 valence electrons. The Morgan fingerprint density at radius 2 is 2.28 bits per heavy atom. The molecule has 18 heavy (non-hydrogen) atoms. The molecule has 0 saturated heterocycles. The smallest absolute Gasteiger partial charge is 0.356 e. The van der Waals surface area contributed by atoms with E-state index in [2.05, 4.69) is 4.98 Å². The number of nitrogens with zero attached hydrogens (tertiary/aromatic N) is 2. The lowest BCUT2D eigenvalue weighted by Crippen LogP contribution is -2.32. The molecule has 0 aliphatic rings. The molecule has 0 aromatic carbocycles. The average molecular weight is 275 g/mol. The van der Waals surface area contributed by atoms with Gasteiger partial charge >= 0.3 is 5.97 Å². The van der Waals surface area contributed by atoms with Crippen LogP contribution in [-0.4, -0.2) is 54.6 Å². The Bertz CT molecular complexity index is 428. The predicted molar refractivity (Wildman–Crippen MR) is 67.4 cm³/mol. The van der Waals surface area contributed by atoms with Crippen LogP contribution in [0.2, 0.25) is 5.02 Å². The zero-order valence-corrected chi connectivity index (χ0v) is 10.9. The molecule has 1 aromatic rings. The molecule has 0 radical (unpaired) electrons. The average Bonchev–Trinajstić information content (AvgIpc) is 2.29. The number of hydrogen-bond donors (Lipinski definition) is 2. The first-order chi connectivity index (χ1) is 8.45. The number of hydrogen-bond acceptors (Lipinski definition) is 5. The SMILES string of the molecule is COCC(O)CN(C)c1ccc(Cl)c(C(=O)O)n1. The number of carboxylic acids is 1. The number of anilines is 1. The quantitative estimate of drug-likeness (QED) is 0.801. The highest BCUT2D eigenvalue weighted by Gasteiger charge is 2.15. The third-order valence-electron chi connectivity index (χ3n) is 2.27. The Labute approximate surface area is 110 Å². The first-order valence-corrected chi connectivity index (χ1v) is 5.61. The van der Waals surface area contributed by atoms with Gasteiger partial charge in [0.2, 0.25) is 0 Å². The molecule has 1 atom stereocenters. The fourth-order valence-electron chi connectivity index (χ4n) is 1.45. The maximum Gasteiger partial charge on any atom is 0.356 e. The van der Waals surface area contributed by atoms with Crippen LogP contribution in [0, 0.1) is 0 Å². The summed E-state index contributed by atoms with van der Waals surface area (Å²) in [6.07, 6.45) is -0.675.